The fourth-order valence-electron chi connectivity index (χ4n) is 4.03. The van der Waals surface area contributed by atoms with Gasteiger partial charge in [0.15, 0.2) is 0 Å². The van der Waals surface area contributed by atoms with E-state index in [4.69, 9.17) is 10.00 Å². The van der Waals surface area contributed by atoms with Gasteiger partial charge >= 0.3 is 0 Å². The van der Waals surface area contributed by atoms with E-state index in [0.717, 1.165) is 32.7 Å². The van der Waals surface area contributed by atoms with Crippen LogP contribution in [0.4, 0.5) is 0 Å². The molecule has 3 rings (SSSR count). The summed E-state index contributed by atoms with van der Waals surface area (Å²) in [4.78, 5) is 19.6. The van der Waals surface area contributed by atoms with Crippen molar-refractivity contribution >= 4 is 5.91 Å². The predicted molar refractivity (Wildman–Crippen MR) is 104 cm³/mol. The number of hydrogen-bond donors (Lipinski definition) is 0. The highest BCUT2D eigenvalue weighted by atomic mass is 16.5. The summed E-state index contributed by atoms with van der Waals surface area (Å²) in [6.45, 7) is 12.1. The van der Waals surface area contributed by atoms with Gasteiger partial charge in [-0.2, -0.15) is 5.26 Å². The van der Waals surface area contributed by atoms with Crippen LogP contribution in [0.3, 0.4) is 0 Å². The zero-order chi connectivity index (χ0) is 19.4. The Bertz CT molecular complexity index is 666. The van der Waals surface area contributed by atoms with Crippen LogP contribution in [0.25, 0.3) is 0 Å². The lowest BCUT2D eigenvalue weighted by Gasteiger charge is -2.41. The van der Waals surface area contributed by atoms with Gasteiger partial charge < -0.3 is 9.64 Å². The van der Waals surface area contributed by atoms with Crippen molar-refractivity contribution in [3.8, 4) is 6.07 Å². The average molecular weight is 370 g/mol. The standard InChI is InChI=1S/C21H30N4O2/c1-16-13-25(14-17(2)27-16)21(26)18(3)24-10-8-23(9-11-24)15-20-6-4-19(12-22)5-7-20/h4-7,16-18H,8-11,13-15H2,1-3H3. The van der Waals surface area contributed by atoms with Crippen LogP contribution in [0.15, 0.2) is 24.3 Å². The van der Waals surface area contributed by atoms with Gasteiger partial charge in [0.05, 0.1) is 29.9 Å². The van der Waals surface area contributed by atoms with Crippen molar-refractivity contribution in [1.82, 2.24) is 14.7 Å². The Hall–Kier alpha value is -1.94. The summed E-state index contributed by atoms with van der Waals surface area (Å²) in [7, 11) is 0. The molecule has 2 aliphatic rings. The Morgan fingerprint density at radius 1 is 1.15 bits per heavy atom. The number of nitrogens with zero attached hydrogens (tertiary/aromatic N) is 4. The summed E-state index contributed by atoms with van der Waals surface area (Å²) in [5.74, 6) is 0.220. The van der Waals surface area contributed by atoms with Gasteiger partial charge in [0.25, 0.3) is 0 Å². The van der Waals surface area contributed by atoms with Crippen LogP contribution in [-0.4, -0.2) is 78.1 Å². The van der Waals surface area contributed by atoms with Crippen molar-refractivity contribution in [3.63, 3.8) is 0 Å². The molecular formula is C21H30N4O2. The van der Waals surface area contributed by atoms with Crippen LogP contribution in [-0.2, 0) is 16.1 Å². The van der Waals surface area contributed by atoms with Gasteiger partial charge in [-0.3, -0.25) is 14.6 Å². The van der Waals surface area contributed by atoms with Crippen LogP contribution in [0.1, 0.15) is 31.9 Å². The molecule has 0 aromatic heterocycles. The fraction of sp³-hybridized carbons (Fsp3) is 0.619. The van der Waals surface area contributed by atoms with E-state index in [-0.39, 0.29) is 24.2 Å². The highest BCUT2D eigenvalue weighted by Gasteiger charge is 2.32. The van der Waals surface area contributed by atoms with Gasteiger partial charge in [-0.25, -0.2) is 0 Å². The molecular weight excluding hydrogens is 340 g/mol. The number of piperazine rings is 1. The first-order valence-corrected chi connectivity index (χ1v) is 9.86. The first-order chi connectivity index (χ1) is 13.0. The molecule has 146 valence electrons. The lowest BCUT2D eigenvalue weighted by Crippen LogP contribution is -2.57. The Morgan fingerprint density at radius 3 is 2.30 bits per heavy atom. The van der Waals surface area contributed by atoms with E-state index in [2.05, 4.69) is 15.9 Å². The third-order valence-corrected chi connectivity index (χ3v) is 5.53. The molecule has 2 saturated heterocycles. The average Bonchev–Trinajstić information content (AvgIpc) is 2.67. The monoisotopic (exact) mass is 370 g/mol. The van der Waals surface area contributed by atoms with Crippen LogP contribution in [0.5, 0.6) is 0 Å². The normalized spacial score (nSPS) is 25.8. The smallest absolute Gasteiger partial charge is 0.239 e. The molecule has 6 nitrogen and oxygen atoms in total. The molecule has 0 saturated carbocycles. The van der Waals surface area contributed by atoms with E-state index < -0.39 is 0 Å². The molecule has 0 bridgehead atoms. The van der Waals surface area contributed by atoms with E-state index in [1.54, 1.807) is 0 Å². The quantitative estimate of drug-likeness (QED) is 0.807. The van der Waals surface area contributed by atoms with Crippen molar-refractivity contribution in [2.75, 3.05) is 39.3 Å². The predicted octanol–water partition coefficient (Wildman–Crippen LogP) is 1.70. The number of morpholine rings is 1. The van der Waals surface area contributed by atoms with Crippen LogP contribution in [0, 0.1) is 11.3 Å². The van der Waals surface area contributed by atoms with Gasteiger partial charge in [-0.05, 0) is 38.5 Å². The van der Waals surface area contributed by atoms with Crippen LogP contribution in [0.2, 0.25) is 0 Å². The number of nitriles is 1. The number of rotatable bonds is 4. The zero-order valence-corrected chi connectivity index (χ0v) is 16.6. The van der Waals surface area contributed by atoms with Crippen LogP contribution >= 0.6 is 0 Å². The van der Waals surface area contributed by atoms with E-state index >= 15 is 0 Å². The number of amides is 1. The second kappa shape index (κ2) is 8.83. The molecule has 27 heavy (non-hydrogen) atoms. The minimum atomic E-state index is -0.0837. The first-order valence-electron chi connectivity index (χ1n) is 9.86. The summed E-state index contributed by atoms with van der Waals surface area (Å²) >= 11 is 0. The Morgan fingerprint density at radius 2 is 1.74 bits per heavy atom. The molecule has 1 aromatic carbocycles. The summed E-state index contributed by atoms with van der Waals surface area (Å²) in [5.41, 5.74) is 1.92. The van der Waals surface area contributed by atoms with Crippen molar-refractivity contribution in [2.24, 2.45) is 0 Å². The highest BCUT2D eigenvalue weighted by Crippen LogP contribution is 2.16. The van der Waals surface area contributed by atoms with E-state index in [0.29, 0.717) is 18.7 Å². The van der Waals surface area contributed by atoms with Gasteiger partial charge in [-0.1, -0.05) is 12.1 Å². The fourth-order valence-corrected chi connectivity index (χ4v) is 4.03. The van der Waals surface area contributed by atoms with Crippen molar-refractivity contribution in [2.45, 2.75) is 45.6 Å². The topological polar surface area (TPSA) is 59.8 Å². The third kappa shape index (κ3) is 5.07. The van der Waals surface area contributed by atoms with Gasteiger partial charge in [0, 0.05) is 45.8 Å². The molecule has 0 radical (unpaired) electrons. The molecule has 1 aromatic rings. The largest absolute Gasteiger partial charge is 0.372 e. The molecule has 0 N–H and O–H groups in total. The van der Waals surface area contributed by atoms with Crippen molar-refractivity contribution in [3.05, 3.63) is 35.4 Å². The summed E-state index contributed by atoms with van der Waals surface area (Å²) in [6.07, 6.45) is 0.211. The second-order valence-electron chi connectivity index (χ2n) is 7.80. The molecule has 0 aliphatic carbocycles. The molecule has 2 heterocycles. The maximum absolute atomic E-state index is 12.9. The maximum Gasteiger partial charge on any atom is 0.239 e. The minimum Gasteiger partial charge on any atom is -0.372 e. The molecule has 0 spiro atoms. The molecule has 6 heteroatoms. The zero-order valence-electron chi connectivity index (χ0n) is 16.6. The number of benzene rings is 1. The van der Waals surface area contributed by atoms with Crippen molar-refractivity contribution < 1.29 is 9.53 Å². The molecule has 1 amide bonds. The minimum absolute atomic E-state index is 0.0837. The third-order valence-electron chi connectivity index (χ3n) is 5.53. The van der Waals surface area contributed by atoms with Crippen LogP contribution < -0.4 is 0 Å². The summed E-state index contributed by atoms with van der Waals surface area (Å²) < 4.78 is 5.74. The Labute approximate surface area is 162 Å². The van der Waals surface area contributed by atoms with E-state index in [1.165, 1.54) is 5.56 Å². The Balaban J connectivity index is 1.49. The van der Waals surface area contributed by atoms with Gasteiger partial charge in [-0.15, -0.1) is 0 Å². The lowest BCUT2D eigenvalue weighted by molar-refractivity contribution is -0.148. The highest BCUT2D eigenvalue weighted by molar-refractivity contribution is 5.81. The first kappa shape index (κ1) is 19.8. The molecule has 2 aliphatic heterocycles. The number of carbonyl (C=O) groups excluding carboxylic acids is 1. The van der Waals surface area contributed by atoms with E-state index in [1.807, 2.05) is 49.9 Å². The number of ether oxygens (including phenoxy) is 1. The number of hydrogen-bond acceptors (Lipinski definition) is 5. The van der Waals surface area contributed by atoms with Gasteiger partial charge in [0.2, 0.25) is 5.91 Å². The van der Waals surface area contributed by atoms with Crippen molar-refractivity contribution in [1.29, 1.82) is 5.26 Å². The summed E-state index contributed by atoms with van der Waals surface area (Å²) in [6, 6.07) is 9.87. The Kier molecular flexibility index (Phi) is 6.48. The second-order valence-corrected chi connectivity index (χ2v) is 7.80. The SMILES string of the molecule is CC1CN(C(=O)C(C)N2CCN(Cc3ccc(C#N)cc3)CC2)CC(C)O1. The molecule has 3 unspecified atom stereocenters. The lowest BCUT2D eigenvalue weighted by atomic mass is 10.1. The van der Waals surface area contributed by atoms with E-state index in [9.17, 15) is 4.79 Å². The van der Waals surface area contributed by atoms with Gasteiger partial charge in [0.1, 0.15) is 0 Å². The molecule has 2 fully saturated rings. The molecule has 3 atom stereocenters. The number of carbonyl (C=O) groups is 1. The maximum atomic E-state index is 12.9. The summed E-state index contributed by atoms with van der Waals surface area (Å²) in [5, 5.41) is 8.90.